The second-order valence-electron chi connectivity index (χ2n) is 3.85. The van der Waals surface area contributed by atoms with E-state index in [0.29, 0.717) is 5.69 Å². The number of anilines is 1. The third kappa shape index (κ3) is 4.40. The molecule has 0 aliphatic heterocycles. The highest BCUT2D eigenvalue weighted by Crippen LogP contribution is 2.20. The fourth-order valence-corrected chi connectivity index (χ4v) is 2.27. The highest BCUT2D eigenvalue weighted by Gasteiger charge is 2.02. The van der Waals surface area contributed by atoms with Crippen LogP contribution in [0.5, 0.6) is 0 Å². The molecular formula is C15H11ClFNOS. The van der Waals surface area contributed by atoms with Gasteiger partial charge in [-0.15, -0.1) is 0 Å². The predicted molar refractivity (Wildman–Crippen MR) is 81.5 cm³/mol. The summed E-state index contributed by atoms with van der Waals surface area (Å²) in [5.41, 5.74) is 0.454. The van der Waals surface area contributed by atoms with Gasteiger partial charge in [0, 0.05) is 16.7 Å². The first kappa shape index (κ1) is 14.6. The SMILES string of the molecule is O=C(C=CSc1ccccc1)Nc1ccc(F)c(Cl)c1. The van der Waals surface area contributed by atoms with Crippen LogP contribution in [0.25, 0.3) is 0 Å². The van der Waals surface area contributed by atoms with Crippen molar-refractivity contribution >= 4 is 35.0 Å². The van der Waals surface area contributed by atoms with Crippen LogP contribution in [0.15, 0.2) is 64.9 Å². The number of carbonyl (C=O) groups excluding carboxylic acids is 1. The summed E-state index contributed by atoms with van der Waals surface area (Å²) in [4.78, 5) is 12.7. The molecule has 1 N–H and O–H groups in total. The zero-order chi connectivity index (χ0) is 14.4. The van der Waals surface area contributed by atoms with Crippen molar-refractivity contribution in [1.82, 2.24) is 0 Å². The Morgan fingerprint density at radius 3 is 2.65 bits per heavy atom. The van der Waals surface area contributed by atoms with E-state index in [1.807, 2.05) is 30.3 Å². The maximum absolute atomic E-state index is 13.0. The third-order valence-corrected chi connectivity index (χ3v) is 3.46. The number of benzene rings is 2. The molecule has 0 radical (unpaired) electrons. The molecule has 2 aromatic carbocycles. The van der Waals surface area contributed by atoms with Crippen molar-refractivity contribution < 1.29 is 9.18 Å². The fraction of sp³-hybridized carbons (Fsp3) is 0. The van der Waals surface area contributed by atoms with Gasteiger partial charge in [-0.1, -0.05) is 41.6 Å². The van der Waals surface area contributed by atoms with Crippen molar-refractivity contribution in [3.05, 3.63) is 70.9 Å². The summed E-state index contributed by atoms with van der Waals surface area (Å²) in [6.07, 6.45) is 1.41. The van der Waals surface area contributed by atoms with Gasteiger partial charge in [0.15, 0.2) is 0 Å². The monoisotopic (exact) mass is 307 g/mol. The Balaban J connectivity index is 1.90. The number of hydrogen-bond donors (Lipinski definition) is 1. The lowest BCUT2D eigenvalue weighted by atomic mass is 10.3. The summed E-state index contributed by atoms with van der Waals surface area (Å²) in [7, 11) is 0. The van der Waals surface area contributed by atoms with Crippen LogP contribution >= 0.6 is 23.4 Å². The van der Waals surface area contributed by atoms with Gasteiger partial charge in [-0.05, 0) is 35.7 Å². The molecule has 0 aliphatic carbocycles. The Bertz CT molecular complexity index is 631. The molecule has 0 saturated heterocycles. The number of rotatable bonds is 4. The molecule has 0 saturated carbocycles. The van der Waals surface area contributed by atoms with Gasteiger partial charge < -0.3 is 5.32 Å². The summed E-state index contributed by atoms with van der Waals surface area (Å²) in [6, 6.07) is 13.7. The van der Waals surface area contributed by atoms with E-state index in [1.165, 1.54) is 36.0 Å². The third-order valence-electron chi connectivity index (χ3n) is 2.35. The minimum atomic E-state index is -0.514. The van der Waals surface area contributed by atoms with Crippen LogP contribution in [0, 0.1) is 5.82 Å². The van der Waals surface area contributed by atoms with Gasteiger partial charge in [-0.2, -0.15) is 0 Å². The van der Waals surface area contributed by atoms with Crippen LogP contribution in [0.3, 0.4) is 0 Å². The molecule has 0 fully saturated rings. The van der Waals surface area contributed by atoms with Crippen LogP contribution in [-0.4, -0.2) is 5.91 Å². The number of hydrogen-bond acceptors (Lipinski definition) is 2. The minimum Gasteiger partial charge on any atom is -0.322 e. The van der Waals surface area contributed by atoms with E-state index in [2.05, 4.69) is 5.32 Å². The zero-order valence-electron chi connectivity index (χ0n) is 10.3. The maximum atomic E-state index is 13.0. The molecule has 5 heteroatoms. The molecule has 2 aromatic rings. The highest BCUT2D eigenvalue weighted by molar-refractivity contribution is 8.02. The topological polar surface area (TPSA) is 29.1 Å². The van der Waals surface area contributed by atoms with E-state index in [4.69, 9.17) is 11.6 Å². The number of amides is 1. The second-order valence-corrected chi connectivity index (χ2v) is 5.24. The predicted octanol–water partition coefficient (Wildman–Crippen LogP) is 4.72. The maximum Gasteiger partial charge on any atom is 0.248 e. The number of nitrogens with one attached hydrogen (secondary N) is 1. The summed E-state index contributed by atoms with van der Waals surface area (Å²) in [5.74, 6) is -0.809. The molecule has 2 nitrogen and oxygen atoms in total. The Hall–Kier alpha value is -1.78. The molecule has 0 unspecified atom stereocenters. The van der Waals surface area contributed by atoms with Gasteiger partial charge in [0.2, 0.25) is 5.91 Å². The Morgan fingerprint density at radius 2 is 1.95 bits per heavy atom. The molecular weight excluding hydrogens is 297 g/mol. The number of thioether (sulfide) groups is 1. The van der Waals surface area contributed by atoms with Gasteiger partial charge >= 0.3 is 0 Å². The molecule has 0 aromatic heterocycles. The minimum absolute atomic E-state index is 0.0227. The normalized spacial score (nSPS) is 10.7. The first-order chi connectivity index (χ1) is 9.65. The molecule has 0 heterocycles. The number of carbonyl (C=O) groups is 1. The van der Waals surface area contributed by atoms with Crippen molar-refractivity contribution in [3.63, 3.8) is 0 Å². The standard InChI is InChI=1S/C15H11ClFNOS/c16-13-10-11(6-7-14(13)17)18-15(19)8-9-20-12-4-2-1-3-5-12/h1-10H,(H,18,19). The zero-order valence-corrected chi connectivity index (χ0v) is 11.9. The average Bonchev–Trinajstić information content (AvgIpc) is 2.44. The van der Waals surface area contributed by atoms with Crippen LogP contribution in [0.2, 0.25) is 5.02 Å². The van der Waals surface area contributed by atoms with Crippen LogP contribution < -0.4 is 5.32 Å². The van der Waals surface area contributed by atoms with Crippen molar-refractivity contribution in [2.24, 2.45) is 0 Å². The lowest BCUT2D eigenvalue weighted by Gasteiger charge is -2.02. The fourth-order valence-electron chi connectivity index (χ4n) is 1.43. The Kier molecular flexibility index (Phi) is 5.21. The van der Waals surface area contributed by atoms with E-state index >= 15 is 0 Å². The molecule has 102 valence electrons. The summed E-state index contributed by atoms with van der Waals surface area (Å²) in [5, 5.41) is 4.27. The highest BCUT2D eigenvalue weighted by atomic mass is 35.5. The van der Waals surface area contributed by atoms with Gasteiger partial charge in [0.05, 0.1) is 5.02 Å². The summed E-state index contributed by atoms with van der Waals surface area (Å²) >= 11 is 7.07. The molecule has 0 bridgehead atoms. The molecule has 2 rings (SSSR count). The molecule has 0 aliphatic rings. The van der Waals surface area contributed by atoms with Crippen molar-refractivity contribution in [2.45, 2.75) is 4.90 Å². The molecule has 20 heavy (non-hydrogen) atoms. The van der Waals surface area contributed by atoms with E-state index < -0.39 is 5.82 Å². The van der Waals surface area contributed by atoms with Gasteiger partial charge in [0.25, 0.3) is 0 Å². The average molecular weight is 308 g/mol. The van der Waals surface area contributed by atoms with Crippen molar-refractivity contribution in [3.8, 4) is 0 Å². The smallest absolute Gasteiger partial charge is 0.248 e. The lowest BCUT2D eigenvalue weighted by molar-refractivity contribution is -0.111. The Morgan fingerprint density at radius 1 is 1.20 bits per heavy atom. The van der Waals surface area contributed by atoms with Gasteiger partial charge in [-0.3, -0.25) is 4.79 Å². The number of halogens is 2. The first-order valence-corrected chi connectivity index (χ1v) is 7.05. The van der Waals surface area contributed by atoms with Gasteiger partial charge in [-0.25, -0.2) is 4.39 Å². The first-order valence-electron chi connectivity index (χ1n) is 5.79. The van der Waals surface area contributed by atoms with Crippen LogP contribution in [0.4, 0.5) is 10.1 Å². The second kappa shape index (κ2) is 7.12. The Labute approximate surface area is 125 Å². The van der Waals surface area contributed by atoms with Crippen molar-refractivity contribution in [1.29, 1.82) is 0 Å². The van der Waals surface area contributed by atoms with E-state index in [1.54, 1.807) is 5.41 Å². The van der Waals surface area contributed by atoms with E-state index in [9.17, 15) is 9.18 Å². The largest absolute Gasteiger partial charge is 0.322 e. The summed E-state index contributed by atoms with van der Waals surface area (Å²) < 4.78 is 13.0. The van der Waals surface area contributed by atoms with Crippen molar-refractivity contribution in [2.75, 3.05) is 5.32 Å². The van der Waals surface area contributed by atoms with E-state index in [-0.39, 0.29) is 10.9 Å². The summed E-state index contributed by atoms with van der Waals surface area (Å²) in [6.45, 7) is 0. The molecule has 0 spiro atoms. The van der Waals surface area contributed by atoms with Gasteiger partial charge in [0.1, 0.15) is 5.82 Å². The van der Waals surface area contributed by atoms with Crippen LogP contribution in [-0.2, 0) is 4.79 Å². The molecule has 0 atom stereocenters. The quantitative estimate of drug-likeness (QED) is 0.654. The molecule has 1 amide bonds. The van der Waals surface area contributed by atoms with Crippen LogP contribution in [0.1, 0.15) is 0 Å². The van der Waals surface area contributed by atoms with E-state index in [0.717, 1.165) is 4.90 Å². The lowest BCUT2D eigenvalue weighted by Crippen LogP contribution is -2.07.